The van der Waals surface area contributed by atoms with E-state index < -0.39 is 12.1 Å². The Morgan fingerprint density at radius 2 is 2.00 bits per heavy atom. The van der Waals surface area contributed by atoms with E-state index in [1.54, 1.807) is 31.3 Å². The summed E-state index contributed by atoms with van der Waals surface area (Å²) in [5.74, 6) is -1.99. The van der Waals surface area contributed by atoms with Crippen molar-refractivity contribution in [3.8, 4) is 0 Å². The van der Waals surface area contributed by atoms with Gasteiger partial charge in [0.25, 0.3) is 0 Å². The Bertz CT molecular complexity index is 608. The number of carbonyl (C=O) groups is 1. The lowest BCUT2D eigenvalue weighted by atomic mass is 10.1. The molecule has 0 fully saturated rings. The van der Waals surface area contributed by atoms with Crippen molar-refractivity contribution < 1.29 is 18.0 Å². The van der Waals surface area contributed by atoms with Gasteiger partial charge in [-0.2, -0.15) is 13.2 Å². The van der Waals surface area contributed by atoms with Crippen molar-refractivity contribution in [2.24, 2.45) is 0 Å². The summed E-state index contributed by atoms with van der Waals surface area (Å²) in [5, 5.41) is 2.33. The van der Waals surface area contributed by atoms with Gasteiger partial charge in [-0.3, -0.25) is 9.78 Å². The van der Waals surface area contributed by atoms with Crippen LogP contribution in [0.3, 0.4) is 0 Å². The molecule has 2 aromatic rings. The van der Waals surface area contributed by atoms with Crippen LogP contribution in [0.4, 0.5) is 18.9 Å². The Balaban J connectivity index is 2.47. The number of hydrogen-bond acceptors (Lipinski definition) is 2. The highest BCUT2D eigenvalue weighted by Gasteiger charge is 2.38. The number of aryl methyl sites for hydroxylation is 1. The van der Waals surface area contributed by atoms with Crippen LogP contribution in [0.25, 0.3) is 10.9 Å². The second-order valence-corrected chi connectivity index (χ2v) is 3.78. The first kappa shape index (κ1) is 12.3. The van der Waals surface area contributed by atoms with Gasteiger partial charge in [-0.25, -0.2) is 0 Å². The molecule has 3 nitrogen and oxygen atoms in total. The molecular weight excluding hydrogens is 245 g/mol. The average Bonchev–Trinajstić information content (AvgIpc) is 2.32. The van der Waals surface area contributed by atoms with Crippen LogP contribution in [0.2, 0.25) is 0 Å². The zero-order valence-corrected chi connectivity index (χ0v) is 9.38. The number of aromatic nitrogens is 1. The number of rotatable bonds is 1. The lowest BCUT2D eigenvalue weighted by Gasteiger charge is -2.11. The van der Waals surface area contributed by atoms with Crippen molar-refractivity contribution in [2.75, 3.05) is 5.32 Å². The van der Waals surface area contributed by atoms with E-state index in [1.165, 1.54) is 6.07 Å². The summed E-state index contributed by atoms with van der Waals surface area (Å²) >= 11 is 0. The smallest absolute Gasteiger partial charge is 0.318 e. The Morgan fingerprint density at radius 3 is 2.67 bits per heavy atom. The highest BCUT2D eigenvalue weighted by Crippen LogP contribution is 2.26. The summed E-state index contributed by atoms with van der Waals surface area (Å²) in [6.45, 7) is 1.80. The van der Waals surface area contributed by atoms with Crippen LogP contribution in [0.1, 0.15) is 5.56 Å². The molecule has 18 heavy (non-hydrogen) atoms. The van der Waals surface area contributed by atoms with E-state index in [2.05, 4.69) is 4.98 Å². The normalized spacial score (nSPS) is 11.6. The molecular formula is C12H9F3N2O. The molecule has 0 radical (unpaired) electrons. The highest BCUT2D eigenvalue weighted by atomic mass is 19.4. The van der Waals surface area contributed by atoms with Gasteiger partial charge in [-0.15, -0.1) is 0 Å². The quantitative estimate of drug-likeness (QED) is 0.849. The fraction of sp³-hybridized carbons (Fsp3) is 0.167. The molecule has 1 heterocycles. The predicted octanol–water partition coefficient (Wildman–Crippen LogP) is 3.04. The van der Waals surface area contributed by atoms with Gasteiger partial charge in [0.2, 0.25) is 0 Å². The van der Waals surface area contributed by atoms with Crippen molar-refractivity contribution in [2.45, 2.75) is 13.1 Å². The molecule has 0 aliphatic rings. The van der Waals surface area contributed by atoms with Gasteiger partial charge in [-0.05, 0) is 30.7 Å². The molecule has 0 aliphatic carbocycles. The number of amides is 1. The van der Waals surface area contributed by atoms with Crippen LogP contribution in [0.5, 0.6) is 0 Å². The molecule has 2 rings (SSSR count). The van der Waals surface area contributed by atoms with Crippen LogP contribution < -0.4 is 5.32 Å². The van der Waals surface area contributed by atoms with E-state index in [0.29, 0.717) is 10.9 Å². The minimum Gasteiger partial charge on any atom is -0.318 e. The monoisotopic (exact) mass is 254 g/mol. The van der Waals surface area contributed by atoms with Gasteiger partial charge in [0.05, 0.1) is 11.2 Å². The first-order valence-electron chi connectivity index (χ1n) is 5.12. The number of anilines is 1. The third-order valence-corrected chi connectivity index (χ3v) is 2.48. The minimum absolute atomic E-state index is 0.103. The molecule has 6 heteroatoms. The van der Waals surface area contributed by atoms with Gasteiger partial charge >= 0.3 is 12.1 Å². The van der Waals surface area contributed by atoms with Gasteiger partial charge in [0.15, 0.2) is 0 Å². The molecule has 0 aliphatic heterocycles. The molecule has 0 spiro atoms. The number of nitrogens with zero attached hydrogens (tertiary/aromatic N) is 1. The zero-order chi connectivity index (χ0) is 13.3. The number of alkyl halides is 3. The lowest BCUT2D eigenvalue weighted by molar-refractivity contribution is -0.167. The standard InChI is InChI=1S/C12H9F3N2O/c1-7-4-5-9(17-11(18)12(13,14)15)8-3-2-6-16-10(7)8/h2-6H,1H3,(H,17,18). The molecule has 0 saturated carbocycles. The molecule has 1 N–H and O–H groups in total. The van der Waals surface area contributed by atoms with Crippen molar-refractivity contribution in [1.29, 1.82) is 0 Å². The average molecular weight is 254 g/mol. The Labute approximate surface area is 101 Å². The second kappa shape index (κ2) is 4.29. The minimum atomic E-state index is -4.90. The molecule has 1 aromatic carbocycles. The molecule has 0 atom stereocenters. The van der Waals surface area contributed by atoms with E-state index in [-0.39, 0.29) is 5.69 Å². The maximum absolute atomic E-state index is 12.2. The van der Waals surface area contributed by atoms with Crippen molar-refractivity contribution in [3.63, 3.8) is 0 Å². The van der Waals surface area contributed by atoms with Gasteiger partial charge in [0.1, 0.15) is 0 Å². The third kappa shape index (κ3) is 2.27. The van der Waals surface area contributed by atoms with E-state index in [9.17, 15) is 18.0 Å². The maximum atomic E-state index is 12.2. The first-order valence-corrected chi connectivity index (χ1v) is 5.12. The fourth-order valence-corrected chi connectivity index (χ4v) is 1.62. The number of pyridine rings is 1. The van der Waals surface area contributed by atoms with Crippen LogP contribution in [0, 0.1) is 6.92 Å². The number of fused-ring (bicyclic) bond motifs is 1. The van der Waals surface area contributed by atoms with E-state index in [0.717, 1.165) is 5.56 Å². The van der Waals surface area contributed by atoms with Crippen LogP contribution >= 0.6 is 0 Å². The SMILES string of the molecule is Cc1ccc(NC(=O)C(F)(F)F)c2cccnc12. The third-order valence-electron chi connectivity index (χ3n) is 2.48. The van der Waals surface area contributed by atoms with Crippen LogP contribution in [-0.4, -0.2) is 17.1 Å². The highest BCUT2D eigenvalue weighted by molar-refractivity contribution is 6.03. The number of halogens is 3. The van der Waals surface area contributed by atoms with E-state index in [4.69, 9.17) is 0 Å². The Morgan fingerprint density at radius 1 is 1.28 bits per heavy atom. The molecule has 0 bridgehead atoms. The van der Waals surface area contributed by atoms with Crippen LogP contribution in [-0.2, 0) is 4.79 Å². The molecule has 0 unspecified atom stereocenters. The molecule has 1 amide bonds. The van der Waals surface area contributed by atoms with Crippen molar-refractivity contribution >= 4 is 22.5 Å². The largest absolute Gasteiger partial charge is 0.471 e. The molecule has 0 saturated heterocycles. The summed E-state index contributed by atoms with van der Waals surface area (Å²) in [7, 11) is 0. The Kier molecular flexibility index (Phi) is 2.94. The number of benzene rings is 1. The van der Waals surface area contributed by atoms with Gasteiger partial charge < -0.3 is 5.32 Å². The Hall–Kier alpha value is -2.11. The summed E-state index contributed by atoms with van der Waals surface area (Å²) in [6, 6.07) is 6.26. The van der Waals surface area contributed by atoms with Gasteiger partial charge in [-0.1, -0.05) is 6.07 Å². The summed E-state index contributed by atoms with van der Waals surface area (Å²) in [5.41, 5.74) is 1.50. The zero-order valence-electron chi connectivity index (χ0n) is 9.38. The summed E-state index contributed by atoms with van der Waals surface area (Å²) < 4.78 is 36.6. The van der Waals surface area contributed by atoms with Crippen molar-refractivity contribution in [1.82, 2.24) is 4.98 Å². The second-order valence-electron chi connectivity index (χ2n) is 3.78. The van der Waals surface area contributed by atoms with Crippen LogP contribution in [0.15, 0.2) is 30.5 Å². The lowest BCUT2D eigenvalue weighted by Crippen LogP contribution is -2.30. The molecule has 94 valence electrons. The van der Waals surface area contributed by atoms with Gasteiger partial charge in [0, 0.05) is 11.6 Å². The van der Waals surface area contributed by atoms with E-state index >= 15 is 0 Å². The number of hydrogen-bond donors (Lipinski definition) is 1. The van der Waals surface area contributed by atoms with E-state index in [1.807, 2.05) is 5.32 Å². The first-order chi connectivity index (χ1) is 8.39. The maximum Gasteiger partial charge on any atom is 0.471 e. The van der Waals surface area contributed by atoms with Crippen molar-refractivity contribution in [3.05, 3.63) is 36.0 Å². The topological polar surface area (TPSA) is 42.0 Å². The predicted molar refractivity (Wildman–Crippen MR) is 61.2 cm³/mol. The summed E-state index contributed by atoms with van der Waals surface area (Å²) in [6.07, 6.45) is -3.36. The molecule has 1 aromatic heterocycles. The number of carbonyl (C=O) groups excluding carboxylic acids is 1. The fourth-order valence-electron chi connectivity index (χ4n) is 1.62. The summed E-state index contributed by atoms with van der Waals surface area (Å²) in [4.78, 5) is 15.0. The number of nitrogens with one attached hydrogen (secondary N) is 1.